The number of nitriles is 1. The molecule has 1 heterocycles. The average Bonchev–Trinajstić information content (AvgIpc) is 2.99. The summed E-state index contributed by atoms with van der Waals surface area (Å²) in [6, 6.07) is 17.7. The minimum Gasteiger partial charge on any atom is -0.497 e. The quantitative estimate of drug-likeness (QED) is 0.531. The number of thiocyanates is 1. The zero-order chi connectivity index (χ0) is 16.1. The van der Waals surface area contributed by atoms with Crippen LogP contribution >= 0.6 is 11.8 Å². The van der Waals surface area contributed by atoms with Gasteiger partial charge in [-0.15, -0.1) is 5.10 Å². The summed E-state index contributed by atoms with van der Waals surface area (Å²) >= 11 is 1.03. The molecular weight excluding hydrogens is 308 g/mol. The molecule has 0 aliphatic rings. The van der Waals surface area contributed by atoms with Crippen LogP contribution in [0.2, 0.25) is 0 Å². The van der Waals surface area contributed by atoms with E-state index in [0.29, 0.717) is 11.6 Å². The molecule has 0 radical (unpaired) electrons. The molecular formula is C17H14N4OS. The summed E-state index contributed by atoms with van der Waals surface area (Å²) in [5.74, 6) is 0.816. The molecule has 0 N–H and O–H groups in total. The monoisotopic (exact) mass is 322 g/mol. The van der Waals surface area contributed by atoms with E-state index < -0.39 is 0 Å². The molecule has 0 saturated heterocycles. The Morgan fingerprint density at radius 2 is 1.87 bits per heavy atom. The molecule has 0 bridgehead atoms. The normalized spacial score (nSPS) is 10.3. The van der Waals surface area contributed by atoms with Gasteiger partial charge in [0.05, 0.1) is 13.7 Å². The molecule has 6 heteroatoms. The first-order valence-electron chi connectivity index (χ1n) is 6.99. The highest BCUT2D eigenvalue weighted by Gasteiger charge is 2.15. The van der Waals surface area contributed by atoms with E-state index >= 15 is 0 Å². The predicted octanol–water partition coefficient (Wildman–Crippen LogP) is 3.58. The minimum atomic E-state index is 0.577. The number of nitrogens with zero attached hydrogens (tertiary/aromatic N) is 4. The van der Waals surface area contributed by atoms with Crippen molar-refractivity contribution in [3.05, 3.63) is 60.2 Å². The summed E-state index contributed by atoms with van der Waals surface area (Å²) in [4.78, 5) is 0. The van der Waals surface area contributed by atoms with Gasteiger partial charge in [-0.05, 0) is 17.7 Å². The first-order chi connectivity index (χ1) is 11.3. The predicted molar refractivity (Wildman–Crippen MR) is 89.0 cm³/mol. The first kappa shape index (κ1) is 15.1. The van der Waals surface area contributed by atoms with Gasteiger partial charge < -0.3 is 4.74 Å². The second-order valence-corrected chi connectivity index (χ2v) is 5.58. The molecule has 1 aromatic heterocycles. The molecule has 0 amide bonds. The van der Waals surface area contributed by atoms with Gasteiger partial charge in [-0.2, -0.15) is 5.26 Å². The highest BCUT2D eigenvalue weighted by atomic mass is 32.2. The van der Waals surface area contributed by atoms with E-state index in [0.717, 1.165) is 34.3 Å². The van der Waals surface area contributed by atoms with Crippen molar-refractivity contribution in [2.75, 3.05) is 7.11 Å². The molecule has 3 aromatic rings. The zero-order valence-electron chi connectivity index (χ0n) is 12.5. The number of ether oxygens (including phenoxy) is 1. The minimum absolute atomic E-state index is 0.577. The molecule has 23 heavy (non-hydrogen) atoms. The van der Waals surface area contributed by atoms with Gasteiger partial charge in [-0.25, -0.2) is 4.68 Å². The highest BCUT2D eigenvalue weighted by Crippen LogP contribution is 2.29. The lowest BCUT2D eigenvalue weighted by atomic mass is 10.1. The second kappa shape index (κ2) is 6.99. The smallest absolute Gasteiger partial charge is 0.161 e. The van der Waals surface area contributed by atoms with E-state index in [1.165, 1.54) is 0 Å². The Kier molecular flexibility index (Phi) is 4.60. The molecule has 2 aromatic carbocycles. The Labute approximate surface area is 138 Å². The van der Waals surface area contributed by atoms with Crippen molar-refractivity contribution in [2.45, 2.75) is 11.6 Å². The molecule has 114 valence electrons. The summed E-state index contributed by atoms with van der Waals surface area (Å²) in [5, 5.41) is 20.0. The van der Waals surface area contributed by atoms with Crippen molar-refractivity contribution in [3.63, 3.8) is 0 Å². The van der Waals surface area contributed by atoms with E-state index in [4.69, 9.17) is 10.00 Å². The molecule has 0 atom stereocenters. The Bertz CT molecular complexity index is 822. The van der Waals surface area contributed by atoms with Crippen molar-refractivity contribution in [1.29, 1.82) is 5.26 Å². The molecule has 0 unspecified atom stereocenters. The van der Waals surface area contributed by atoms with Crippen LogP contribution in [0, 0.1) is 10.7 Å². The summed E-state index contributed by atoms with van der Waals surface area (Å²) in [6.45, 7) is 0.577. The molecule has 0 aliphatic heterocycles. The molecule has 0 fully saturated rings. The van der Waals surface area contributed by atoms with Gasteiger partial charge in [0, 0.05) is 17.3 Å². The van der Waals surface area contributed by atoms with E-state index in [2.05, 4.69) is 15.7 Å². The lowest BCUT2D eigenvalue weighted by Crippen LogP contribution is -2.04. The Balaban J connectivity index is 1.97. The van der Waals surface area contributed by atoms with Crippen LogP contribution in [0.4, 0.5) is 0 Å². The van der Waals surface area contributed by atoms with E-state index in [9.17, 15) is 0 Å². The highest BCUT2D eigenvalue weighted by molar-refractivity contribution is 8.03. The maximum absolute atomic E-state index is 8.97. The fourth-order valence-electron chi connectivity index (χ4n) is 2.29. The van der Waals surface area contributed by atoms with Gasteiger partial charge in [-0.3, -0.25) is 0 Å². The number of aromatic nitrogens is 3. The topological polar surface area (TPSA) is 63.7 Å². The largest absolute Gasteiger partial charge is 0.497 e. The zero-order valence-corrected chi connectivity index (χ0v) is 13.3. The third kappa shape index (κ3) is 3.35. The van der Waals surface area contributed by atoms with E-state index in [-0.39, 0.29) is 0 Å². The lowest BCUT2D eigenvalue weighted by Gasteiger charge is -2.08. The van der Waals surface area contributed by atoms with Gasteiger partial charge in [0.25, 0.3) is 0 Å². The van der Waals surface area contributed by atoms with Crippen LogP contribution in [0.25, 0.3) is 11.3 Å². The summed E-state index contributed by atoms with van der Waals surface area (Å²) in [6.07, 6.45) is 0. The van der Waals surface area contributed by atoms with E-state index in [1.807, 2.05) is 59.3 Å². The number of benzene rings is 2. The SMILES string of the molecule is COc1ccc(Cn2nnc(SC#N)c2-c2ccccc2)cc1. The number of thioether (sulfide) groups is 1. The average molecular weight is 322 g/mol. The van der Waals surface area contributed by atoms with Crippen LogP contribution in [-0.4, -0.2) is 22.1 Å². The number of rotatable bonds is 5. The molecule has 5 nitrogen and oxygen atoms in total. The van der Waals surface area contributed by atoms with Crippen molar-refractivity contribution in [1.82, 2.24) is 15.0 Å². The fourth-order valence-corrected chi connectivity index (χ4v) is 2.78. The number of hydrogen-bond acceptors (Lipinski definition) is 5. The molecule has 3 rings (SSSR count). The Hall–Kier alpha value is -2.78. The van der Waals surface area contributed by atoms with Crippen molar-refractivity contribution in [2.24, 2.45) is 0 Å². The standard InChI is InChI=1S/C17H14N4OS/c1-22-15-9-7-13(8-10-15)11-21-16(14-5-3-2-4-6-14)17(19-20-21)23-12-18/h2-10H,11H2,1H3. The van der Waals surface area contributed by atoms with Crippen LogP contribution < -0.4 is 4.74 Å². The van der Waals surface area contributed by atoms with Crippen molar-refractivity contribution in [3.8, 4) is 22.4 Å². The van der Waals surface area contributed by atoms with Gasteiger partial charge in [0.2, 0.25) is 0 Å². The third-order valence-corrected chi connectivity index (χ3v) is 3.94. The van der Waals surface area contributed by atoms with Crippen molar-refractivity contribution >= 4 is 11.8 Å². The van der Waals surface area contributed by atoms with Gasteiger partial charge in [0.1, 0.15) is 16.8 Å². The van der Waals surface area contributed by atoms with Gasteiger partial charge in [0.15, 0.2) is 5.03 Å². The van der Waals surface area contributed by atoms with Crippen LogP contribution in [0.15, 0.2) is 59.6 Å². The second-order valence-electron chi connectivity index (χ2n) is 4.81. The Morgan fingerprint density at radius 1 is 1.13 bits per heavy atom. The van der Waals surface area contributed by atoms with Crippen LogP contribution in [0.5, 0.6) is 5.75 Å². The number of methoxy groups -OCH3 is 1. The lowest BCUT2D eigenvalue weighted by molar-refractivity contribution is 0.414. The van der Waals surface area contributed by atoms with Crippen LogP contribution in [0.3, 0.4) is 0 Å². The van der Waals surface area contributed by atoms with Gasteiger partial charge >= 0.3 is 0 Å². The maximum Gasteiger partial charge on any atom is 0.161 e. The number of hydrogen-bond donors (Lipinski definition) is 0. The fraction of sp³-hybridized carbons (Fsp3) is 0.118. The van der Waals surface area contributed by atoms with Crippen molar-refractivity contribution < 1.29 is 4.74 Å². The Morgan fingerprint density at radius 3 is 2.52 bits per heavy atom. The third-order valence-electron chi connectivity index (χ3n) is 3.39. The summed E-state index contributed by atoms with van der Waals surface area (Å²) in [5.41, 5.74) is 2.93. The molecule has 0 aliphatic carbocycles. The maximum atomic E-state index is 8.97. The van der Waals surface area contributed by atoms with Crippen LogP contribution in [0.1, 0.15) is 5.56 Å². The molecule has 0 saturated carbocycles. The molecule has 0 spiro atoms. The van der Waals surface area contributed by atoms with Gasteiger partial charge in [-0.1, -0.05) is 47.7 Å². The van der Waals surface area contributed by atoms with Crippen LogP contribution in [-0.2, 0) is 6.54 Å². The van der Waals surface area contributed by atoms with E-state index in [1.54, 1.807) is 7.11 Å². The summed E-state index contributed by atoms with van der Waals surface area (Å²) in [7, 11) is 1.64. The first-order valence-corrected chi connectivity index (χ1v) is 7.81. The summed E-state index contributed by atoms with van der Waals surface area (Å²) < 4.78 is 6.99.